The van der Waals surface area contributed by atoms with Crippen molar-refractivity contribution in [1.82, 2.24) is 29.7 Å². The Hall–Kier alpha value is -4.84. The van der Waals surface area contributed by atoms with E-state index in [1.165, 1.54) is 0 Å². The Labute approximate surface area is 225 Å². The molecule has 2 aromatic rings. The van der Waals surface area contributed by atoms with Crippen LogP contribution >= 0.6 is 0 Å². The summed E-state index contributed by atoms with van der Waals surface area (Å²) in [5, 5.41) is 3.21. The summed E-state index contributed by atoms with van der Waals surface area (Å²) in [4.78, 5) is 20.6. The molecule has 2 rings (SSSR count). The highest BCUT2D eigenvalue weighted by atomic mass is 15.3. The van der Waals surface area contributed by atoms with Gasteiger partial charge in [0.05, 0.1) is 32.8 Å². The fraction of sp³-hybridized carbons (Fsp3) is 0.125. The number of nitrogens with one attached hydrogen (secondary N) is 2. The van der Waals surface area contributed by atoms with Crippen LogP contribution in [0.3, 0.4) is 0 Å². The molecule has 0 aliphatic rings. The molecule has 0 spiro atoms. The third-order valence-corrected chi connectivity index (χ3v) is 5.49. The first-order chi connectivity index (χ1) is 18.3. The van der Waals surface area contributed by atoms with Crippen LogP contribution in [0.25, 0.3) is 35.7 Å². The predicted octanol–water partition coefficient (Wildman–Crippen LogP) is 3.87. The van der Waals surface area contributed by atoms with E-state index >= 15 is 0 Å². The number of aromatic amines is 2. The van der Waals surface area contributed by atoms with E-state index in [0.29, 0.717) is 11.6 Å². The fourth-order valence-electron chi connectivity index (χ4n) is 4.06. The topological polar surface area (TPSA) is 63.8 Å². The van der Waals surface area contributed by atoms with Crippen molar-refractivity contribution in [2.45, 2.75) is 13.8 Å². The van der Waals surface area contributed by atoms with Crippen LogP contribution < -0.4 is 21.4 Å². The van der Waals surface area contributed by atoms with Crippen LogP contribution in [0.1, 0.15) is 25.5 Å². The smallest absolute Gasteiger partial charge is 0.155 e. The summed E-state index contributed by atoms with van der Waals surface area (Å²) in [5.41, 5.74) is 2.72. The summed E-state index contributed by atoms with van der Waals surface area (Å²) >= 11 is 0. The van der Waals surface area contributed by atoms with Gasteiger partial charge in [-0.15, -0.1) is 0 Å². The third-order valence-electron chi connectivity index (χ3n) is 5.49. The van der Waals surface area contributed by atoms with Crippen LogP contribution in [-0.2, 0) is 0 Å². The van der Waals surface area contributed by atoms with Gasteiger partial charge >= 0.3 is 0 Å². The van der Waals surface area contributed by atoms with Crippen LogP contribution in [0.5, 0.6) is 0 Å². The lowest BCUT2D eigenvalue weighted by Crippen LogP contribution is -2.30. The zero-order valence-electron chi connectivity index (χ0n) is 23.0. The van der Waals surface area contributed by atoms with Gasteiger partial charge in [0.2, 0.25) is 0 Å². The Morgan fingerprint density at radius 2 is 0.974 bits per heavy atom. The van der Waals surface area contributed by atoms with Gasteiger partial charge in [-0.2, -0.15) is 0 Å². The summed E-state index contributed by atoms with van der Waals surface area (Å²) in [6, 6.07) is 0. The summed E-state index contributed by atoms with van der Waals surface area (Å²) < 4.78 is 0. The van der Waals surface area contributed by atoms with Crippen molar-refractivity contribution in [2.24, 2.45) is 0 Å². The van der Waals surface area contributed by atoms with Crippen LogP contribution in [0.4, 0.5) is 0 Å². The van der Waals surface area contributed by atoms with Crippen molar-refractivity contribution in [2.75, 3.05) is 14.1 Å². The Kier molecular flexibility index (Phi) is 10.9. The highest BCUT2D eigenvalue weighted by Gasteiger charge is 2.22. The third kappa shape index (κ3) is 6.68. The van der Waals surface area contributed by atoms with E-state index in [9.17, 15) is 0 Å². The molecule has 0 saturated carbocycles. The lowest BCUT2D eigenvalue weighted by Gasteiger charge is -2.34. The van der Waals surface area contributed by atoms with Gasteiger partial charge < -0.3 is 19.8 Å². The van der Waals surface area contributed by atoms with Crippen molar-refractivity contribution in [3.63, 3.8) is 0 Å². The van der Waals surface area contributed by atoms with Crippen molar-refractivity contribution in [3.8, 4) is 0 Å². The number of hydrogen-bond donors (Lipinski definition) is 2. The monoisotopic (exact) mass is 506 g/mol. The molecule has 0 fully saturated rings. The van der Waals surface area contributed by atoms with Crippen LogP contribution in [0.2, 0.25) is 0 Å². The number of hydrogen-bond acceptors (Lipinski definition) is 4. The van der Waals surface area contributed by atoms with Gasteiger partial charge in [0, 0.05) is 14.1 Å². The molecule has 2 N–H and O–H groups in total. The van der Waals surface area contributed by atoms with Crippen LogP contribution in [0.15, 0.2) is 99.5 Å². The van der Waals surface area contributed by atoms with Gasteiger partial charge in [0.15, 0.2) is 11.6 Å². The quantitative estimate of drug-likeness (QED) is 0.429. The molecule has 0 radical (unpaired) electrons. The molecule has 2 heterocycles. The molecule has 196 valence electrons. The van der Waals surface area contributed by atoms with E-state index in [1.54, 1.807) is 36.5 Å². The molecular weight excluding hydrogens is 468 g/mol. The van der Waals surface area contributed by atoms with E-state index in [4.69, 9.17) is 9.97 Å². The highest BCUT2D eigenvalue weighted by Crippen LogP contribution is 2.27. The number of nitrogens with zero attached hydrogens (tertiary/aromatic N) is 4. The molecular formula is C32H38N6. The molecule has 38 heavy (non-hydrogen) atoms. The average molecular weight is 507 g/mol. The lowest BCUT2D eigenvalue weighted by molar-refractivity contribution is 0.411. The molecule has 6 nitrogen and oxygen atoms in total. The first kappa shape index (κ1) is 29.4. The summed E-state index contributed by atoms with van der Waals surface area (Å²) in [6.45, 7) is 27.2. The molecule has 6 heteroatoms. The van der Waals surface area contributed by atoms with Crippen LogP contribution in [-0.4, -0.2) is 43.8 Å². The SMILES string of the molecule is C=C/C=C(/c1nc(=C/C=C)/c(=C\C=C)[nH]1)N(C)C(=C(C)C)N(C)/C(=C\C=C)c1nc(=C/C=C)/c(=C\C=C)[nH]1. The molecule has 2 aromatic heterocycles. The standard InChI is InChI=1S/C32H38N6/c1-11-17-24-25(18-12-2)34-30(33-24)28(21-15-5)37(9)32(23(7)8)38(10)29(22-16-6)31-35-26(19-13-3)27(36-31)20-14-4/h11-22H,1-6H2,7-10H3,(H,33,34)(H,35,36)/b24-17+,25-18+,26-19+,27-20+,28-21-,29-22-. The van der Waals surface area contributed by atoms with E-state index < -0.39 is 0 Å². The average Bonchev–Trinajstić information content (AvgIpc) is 3.45. The van der Waals surface area contributed by atoms with E-state index in [2.05, 4.69) is 73.1 Å². The Bertz CT molecular complexity index is 1380. The summed E-state index contributed by atoms with van der Waals surface area (Å²) in [7, 11) is 3.98. The Balaban J connectivity index is 2.74. The number of imidazole rings is 2. The van der Waals surface area contributed by atoms with Gasteiger partial charge in [0.25, 0.3) is 0 Å². The van der Waals surface area contributed by atoms with Gasteiger partial charge in [-0.05, 0) is 55.9 Å². The molecule has 0 aliphatic heterocycles. The largest absolute Gasteiger partial charge is 0.337 e. The first-order valence-corrected chi connectivity index (χ1v) is 12.1. The molecule has 0 unspecified atom stereocenters. The number of allylic oxidation sites excluding steroid dienone is 9. The van der Waals surface area contributed by atoms with E-state index in [0.717, 1.165) is 44.2 Å². The van der Waals surface area contributed by atoms with Gasteiger partial charge in [0.1, 0.15) is 5.82 Å². The Morgan fingerprint density at radius 3 is 1.26 bits per heavy atom. The van der Waals surface area contributed by atoms with Gasteiger partial charge in [-0.3, -0.25) is 0 Å². The summed E-state index contributed by atoms with van der Waals surface area (Å²) in [6.07, 6.45) is 21.7. The lowest BCUT2D eigenvalue weighted by atomic mass is 10.2. The van der Waals surface area contributed by atoms with Gasteiger partial charge in [-0.25, -0.2) is 9.97 Å². The van der Waals surface area contributed by atoms with Crippen molar-refractivity contribution < 1.29 is 0 Å². The second-order valence-electron chi connectivity index (χ2n) is 8.39. The van der Waals surface area contributed by atoms with E-state index in [-0.39, 0.29) is 0 Å². The molecule has 0 atom stereocenters. The summed E-state index contributed by atoms with van der Waals surface area (Å²) in [5.74, 6) is 2.28. The highest BCUT2D eigenvalue weighted by molar-refractivity contribution is 5.66. The minimum atomic E-state index is 0.679. The molecule has 0 aromatic carbocycles. The van der Waals surface area contributed by atoms with Crippen LogP contribution in [0, 0.1) is 0 Å². The Morgan fingerprint density at radius 1 is 0.605 bits per heavy atom. The molecule has 0 amide bonds. The second kappa shape index (κ2) is 14.0. The number of aromatic nitrogens is 4. The fourth-order valence-corrected chi connectivity index (χ4v) is 4.06. The number of H-pyrrole nitrogens is 2. The second-order valence-corrected chi connectivity index (χ2v) is 8.39. The maximum Gasteiger partial charge on any atom is 0.155 e. The van der Waals surface area contributed by atoms with Crippen molar-refractivity contribution in [1.29, 1.82) is 0 Å². The van der Waals surface area contributed by atoms with Crippen molar-refractivity contribution >= 4 is 35.7 Å². The number of rotatable bonds is 12. The minimum Gasteiger partial charge on any atom is -0.337 e. The maximum atomic E-state index is 4.82. The first-order valence-electron chi connectivity index (χ1n) is 12.1. The normalized spacial score (nSPS) is 13.8. The van der Waals surface area contributed by atoms with Gasteiger partial charge in [-0.1, -0.05) is 75.9 Å². The predicted molar refractivity (Wildman–Crippen MR) is 165 cm³/mol. The molecule has 0 saturated heterocycles. The zero-order valence-corrected chi connectivity index (χ0v) is 23.0. The minimum absolute atomic E-state index is 0.679. The molecule has 0 aliphatic carbocycles. The zero-order chi connectivity index (χ0) is 28.2. The van der Waals surface area contributed by atoms with E-state index in [1.807, 2.05) is 50.6 Å². The van der Waals surface area contributed by atoms with Crippen molar-refractivity contribution in [3.05, 3.63) is 133 Å². The molecule has 0 bridgehead atoms. The maximum absolute atomic E-state index is 4.82.